The number of para-hydroxylation sites is 1. The molecule has 0 saturated carbocycles. The van der Waals surface area contributed by atoms with Crippen LogP contribution in [0.3, 0.4) is 0 Å². The van der Waals surface area contributed by atoms with Crippen molar-refractivity contribution in [1.82, 2.24) is 0 Å². The normalized spacial score (nSPS) is 14.9. The topological polar surface area (TPSA) is 55.5 Å². The van der Waals surface area contributed by atoms with Gasteiger partial charge in [0.15, 0.2) is 11.5 Å². The predicted molar refractivity (Wildman–Crippen MR) is 57.0 cm³/mol. The van der Waals surface area contributed by atoms with Crippen molar-refractivity contribution in [3.05, 3.63) is 23.8 Å². The standard InChI is InChI=1S/C11H15F2NO2/c1-11(14,10(12)13)6-7-4-3-5-8(16-2)9(7)15/h3-5,10,15H,6,14H2,1-2H3. The Hall–Kier alpha value is -1.36. The number of phenols is 1. The number of ether oxygens (including phenoxy) is 1. The minimum absolute atomic E-state index is 0.117. The molecular weight excluding hydrogens is 216 g/mol. The molecule has 1 rings (SSSR count). The van der Waals surface area contributed by atoms with Gasteiger partial charge in [-0.05, 0) is 25.0 Å². The minimum Gasteiger partial charge on any atom is -0.504 e. The van der Waals surface area contributed by atoms with Crippen molar-refractivity contribution in [2.75, 3.05) is 7.11 Å². The van der Waals surface area contributed by atoms with Gasteiger partial charge in [-0.15, -0.1) is 0 Å². The first-order chi connectivity index (χ1) is 7.38. The molecule has 1 aromatic rings. The third-order valence-corrected chi connectivity index (χ3v) is 2.37. The van der Waals surface area contributed by atoms with E-state index in [9.17, 15) is 13.9 Å². The summed E-state index contributed by atoms with van der Waals surface area (Å²) < 4.78 is 30.0. The number of alkyl halides is 2. The average molecular weight is 231 g/mol. The van der Waals surface area contributed by atoms with E-state index in [1.54, 1.807) is 18.2 Å². The Balaban J connectivity index is 2.98. The number of halogens is 2. The quantitative estimate of drug-likeness (QED) is 0.832. The van der Waals surface area contributed by atoms with Crippen LogP contribution in [0, 0.1) is 0 Å². The second-order valence-electron chi connectivity index (χ2n) is 3.95. The van der Waals surface area contributed by atoms with Gasteiger partial charge in [-0.3, -0.25) is 0 Å². The zero-order valence-electron chi connectivity index (χ0n) is 9.21. The van der Waals surface area contributed by atoms with Crippen molar-refractivity contribution in [2.45, 2.75) is 25.3 Å². The molecule has 0 heterocycles. The van der Waals surface area contributed by atoms with Crippen LogP contribution >= 0.6 is 0 Å². The van der Waals surface area contributed by atoms with Crippen LogP contribution in [0.15, 0.2) is 18.2 Å². The Morgan fingerprint density at radius 2 is 2.12 bits per heavy atom. The molecule has 0 aliphatic heterocycles. The molecule has 0 radical (unpaired) electrons. The zero-order valence-corrected chi connectivity index (χ0v) is 9.21. The molecular formula is C11H15F2NO2. The van der Waals surface area contributed by atoms with E-state index < -0.39 is 12.0 Å². The monoisotopic (exact) mass is 231 g/mol. The molecule has 90 valence electrons. The van der Waals surface area contributed by atoms with Crippen molar-refractivity contribution in [3.63, 3.8) is 0 Å². The summed E-state index contributed by atoms with van der Waals surface area (Å²) in [5.74, 6) is 0.116. The first-order valence-electron chi connectivity index (χ1n) is 4.80. The number of rotatable bonds is 4. The average Bonchev–Trinajstić information content (AvgIpc) is 2.20. The van der Waals surface area contributed by atoms with Crippen molar-refractivity contribution in [3.8, 4) is 11.5 Å². The summed E-state index contributed by atoms with van der Waals surface area (Å²) in [6, 6.07) is 4.72. The summed E-state index contributed by atoms with van der Waals surface area (Å²) in [6.45, 7) is 1.25. The zero-order chi connectivity index (χ0) is 12.3. The van der Waals surface area contributed by atoms with E-state index in [2.05, 4.69) is 0 Å². The highest BCUT2D eigenvalue weighted by atomic mass is 19.3. The second-order valence-corrected chi connectivity index (χ2v) is 3.95. The van der Waals surface area contributed by atoms with Gasteiger partial charge >= 0.3 is 0 Å². The fourth-order valence-corrected chi connectivity index (χ4v) is 1.36. The van der Waals surface area contributed by atoms with Crippen LogP contribution in [0.2, 0.25) is 0 Å². The van der Waals surface area contributed by atoms with E-state index in [4.69, 9.17) is 10.5 Å². The number of hydrogen-bond donors (Lipinski definition) is 2. The molecule has 0 spiro atoms. The van der Waals surface area contributed by atoms with Crippen LogP contribution in [-0.2, 0) is 6.42 Å². The first kappa shape index (κ1) is 12.7. The maximum Gasteiger partial charge on any atom is 0.256 e. The lowest BCUT2D eigenvalue weighted by molar-refractivity contribution is 0.0636. The summed E-state index contributed by atoms with van der Waals surface area (Å²) in [5, 5.41) is 9.71. The minimum atomic E-state index is -2.65. The van der Waals surface area contributed by atoms with E-state index in [-0.39, 0.29) is 17.9 Å². The summed E-state index contributed by atoms with van der Waals surface area (Å²) in [5.41, 5.74) is 4.14. The predicted octanol–water partition coefficient (Wildman–Crippen LogP) is 1.93. The van der Waals surface area contributed by atoms with E-state index in [0.29, 0.717) is 5.56 Å². The molecule has 5 heteroatoms. The molecule has 0 aliphatic carbocycles. The van der Waals surface area contributed by atoms with Crippen LogP contribution in [0.5, 0.6) is 11.5 Å². The number of aromatic hydroxyl groups is 1. The van der Waals surface area contributed by atoms with Gasteiger partial charge < -0.3 is 15.6 Å². The maximum atomic E-state index is 12.6. The van der Waals surface area contributed by atoms with E-state index in [1.165, 1.54) is 14.0 Å². The van der Waals surface area contributed by atoms with Gasteiger partial charge in [0.2, 0.25) is 0 Å². The fraction of sp³-hybridized carbons (Fsp3) is 0.455. The van der Waals surface area contributed by atoms with Crippen LogP contribution in [0.1, 0.15) is 12.5 Å². The molecule has 0 fully saturated rings. The summed E-state index contributed by atoms with van der Waals surface area (Å²) >= 11 is 0. The Labute approximate surface area is 92.8 Å². The lowest BCUT2D eigenvalue weighted by Crippen LogP contribution is -2.45. The second kappa shape index (κ2) is 4.65. The van der Waals surface area contributed by atoms with Crippen molar-refractivity contribution >= 4 is 0 Å². The lowest BCUT2D eigenvalue weighted by atomic mass is 9.94. The number of benzene rings is 1. The van der Waals surface area contributed by atoms with E-state index >= 15 is 0 Å². The lowest BCUT2D eigenvalue weighted by Gasteiger charge is -2.24. The molecule has 0 saturated heterocycles. The van der Waals surface area contributed by atoms with Crippen molar-refractivity contribution in [1.29, 1.82) is 0 Å². The number of hydrogen-bond acceptors (Lipinski definition) is 3. The molecule has 16 heavy (non-hydrogen) atoms. The Kier molecular flexibility index (Phi) is 3.70. The van der Waals surface area contributed by atoms with Gasteiger partial charge in [0.05, 0.1) is 12.6 Å². The molecule has 0 aliphatic rings. The molecule has 0 bridgehead atoms. The third-order valence-electron chi connectivity index (χ3n) is 2.37. The van der Waals surface area contributed by atoms with Gasteiger partial charge in [-0.2, -0.15) is 0 Å². The SMILES string of the molecule is COc1cccc(CC(C)(N)C(F)F)c1O. The highest BCUT2D eigenvalue weighted by molar-refractivity contribution is 5.46. The Morgan fingerprint density at radius 3 is 2.62 bits per heavy atom. The molecule has 0 amide bonds. The van der Waals surface area contributed by atoms with Crippen LogP contribution < -0.4 is 10.5 Å². The first-order valence-corrected chi connectivity index (χ1v) is 4.80. The van der Waals surface area contributed by atoms with Crippen molar-refractivity contribution in [2.24, 2.45) is 5.73 Å². The van der Waals surface area contributed by atoms with Gasteiger partial charge in [0.25, 0.3) is 6.43 Å². The van der Waals surface area contributed by atoms with Gasteiger partial charge in [-0.1, -0.05) is 12.1 Å². The largest absolute Gasteiger partial charge is 0.504 e. The number of phenolic OH excluding ortho intramolecular Hbond substituents is 1. The van der Waals surface area contributed by atoms with Gasteiger partial charge in [0, 0.05) is 0 Å². The summed E-state index contributed by atoms with van der Waals surface area (Å²) in [6.07, 6.45) is -2.77. The highest BCUT2D eigenvalue weighted by Gasteiger charge is 2.31. The van der Waals surface area contributed by atoms with Gasteiger partial charge in [-0.25, -0.2) is 8.78 Å². The molecule has 1 unspecified atom stereocenters. The molecule has 1 atom stereocenters. The van der Waals surface area contributed by atoms with Crippen LogP contribution in [0.25, 0.3) is 0 Å². The van der Waals surface area contributed by atoms with E-state index in [0.717, 1.165) is 0 Å². The third kappa shape index (κ3) is 2.61. The molecule has 3 N–H and O–H groups in total. The highest BCUT2D eigenvalue weighted by Crippen LogP contribution is 2.32. The smallest absolute Gasteiger partial charge is 0.256 e. The van der Waals surface area contributed by atoms with E-state index in [1.807, 2.05) is 0 Å². The number of methoxy groups -OCH3 is 1. The molecule has 3 nitrogen and oxygen atoms in total. The van der Waals surface area contributed by atoms with Crippen molar-refractivity contribution < 1.29 is 18.6 Å². The number of nitrogens with two attached hydrogens (primary N) is 1. The van der Waals surface area contributed by atoms with Crippen LogP contribution in [0.4, 0.5) is 8.78 Å². The fourth-order valence-electron chi connectivity index (χ4n) is 1.36. The maximum absolute atomic E-state index is 12.6. The van der Waals surface area contributed by atoms with Crippen LogP contribution in [-0.4, -0.2) is 24.2 Å². The molecule has 0 aromatic heterocycles. The van der Waals surface area contributed by atoms with Gasteiger partial charge in [0.1, 0.15) is 0 Å². The Bertz CT molecular complexity index is 367. The summed E-state index contributed by atoms with van der Waals surface area (Å²) in [7, 11) is 1.40. The Morgan fingerprint density at radius 1 is 1.50 bits per heavy atom. The summed E-state index contributed by atoms with van der Waals surface area (Å²) in [4.78, 5) is 0. The molecule has 1 aromatic carbocycles.